The van der Waals surface area contributed by atoms with Crippen molar-refractivity contribution in [2.75, 3.05) is 32.9 Å². The number of hydrogen-bond acceptors (Lipinski definition) is 5. The molecule has 1 heterocycles. The Balaban J connectivity index is 1.42. The molecule has 1 saturated heterocycles. The molecule has 1 fully saturated rings. The summed E-state index contributed by atoms with van der Waals surface area (Å²) in [6, 6.07) is 16.7. The summed E-state index contributed by atoms with van der Waals surface area (Å²) in [5.74, 6) is 1.22. The zero-order valence-electron chi connectivity index (χ0n) is 16.7. The molecule has 6 heteroatoms. The first-order valence-electron chi connectivity index (χ1n) is 10.0. The van der Waals surface area contributed by atoms with Crippen molar-refractivity contribution in [3.63, 3.8) is 0 Å². The van der Waals surface area contributed by atoms with E-state index in [1.807, 2.05) is 30.3 Å². The fourth-order valence-electron chi connectivity index (χ4n) is 3.29. The fraction of sp³-hybridized carbons (Fsp3) is 0.391. The second kappa shape index (κ2) is 10.5. The van der Waals surface area contributed by atoms with Crippen LogP contribution in [-0.2, 0) is 9.53 Å². The molecule has 1 aliphatic rings. The lowest BCUT2D eigenvalue weighted by Crippen LogP contribution is -2.40. The van der Waals surface area contributed by atoms with Gasteiger partial charge in [-0.15, -0.1) is 0 Å². The van der Waals surface area contributed by atoms with Crippen LogP contribution in [-0.4, -0.2) is 49.7 Å². The third-order valence-corrected chi connectivity index (χ3v) is 4.87. The van der Waals surface area contributed by atoms with Gasteiger partial charge in [0.25, 0.3) is 5.91 Å². The van der Waals surface area contributed by atoms with Crippen molar-refractivity contribution in [3.05, 3.63) is 60.2 Å². The Morgan fingerprint density at radius 2 is 1.48 bits per heavy atom. The number of carbonyl (C=O) groups is 2. The standard InChI is InChI=1S/C23H27NO5/c1-2-27-23(26)19-12-14-24(15-13-19)22(25)18-8-10-21(11-9-18)29-17-16-28-20-6-4-3-5-7-20/h3-11,19H,2,12-17H2,1H3. The lowest BCUT2D eigenvalue weighted by atomic mass is 9.96. The van der Waals surface area contributed by atoms with Crippen LogP contribution in [0.3, 0.4) is 0 Å². The predicted octanol–water partition coefficient (Wildman–Crippen LogP) is 3.56. The van der Waals surface area contributed by atoms with E-state index in [4.69, 9.17) is 14.2 Å². The van der Waals surface area contributed by atoms with E-state index in [2.05, 4.69) is 0 Å². The monoisotopic (exact) mass is 397 g/mol. The molecule has 1 aliphatic heterocycles. The summed E-state index contributed by atoms with van der Waals surface area (Å²) in [6.45, 7) is 4.20. The fourth-order valence-corrected chi connectivity index (χ4v) is 3.29. The molecule has 0 aliphatic carbocycles. The third-order valence-electron chi connectivity index (χ3n) is 4.87. The molecule has 1 amide bonds. The van der Waals surface area contributed by atoms with Gasteiger partial charge < -0.3 is 19.1 Å². The van der Waals surface area contributed by atoms with Gasteiger partial charge >= 0.3 is 5.97 Å². The smallest absolute Gasteiger partial charge is 0.309 e. The second-order valence-electron chi connectivity index (χ2n) is 6.85. The van der Waals surface area contributed by atoms with E-state index in [-0.39, 0.29) is 17.8 Å². The molecular weight excluding hydrogens is 370 g/mol. The van der Waals surface area contributed by atoms with Gasteiger partial charge in [0.15, 0.2) is 0 Å². The number of esters is 1. The average Bonchev–Trinajstić information content (AvgIpc) is 2.78. The molecule has 0 unspecified atom stereocenters. The van der Waals surface area contributed by atoms with Crippen molar-refractivity contribution in [2.45, 2.75) is 19.8 Å². The van der Waals surface area contributed by atoms with Crippen LogP contribution in [0.15, 0.2) is 54.6 Å². The summed E-state index contributed by atoms with van der Waals surface area (Å²) in [4.78, 5) is 26.3. The van der Waals surface area contributed by atoms with Gasteiger partial charge in [-0.25, -0.2) is 0 Å². The Morgan fingerprint density at radius 3 is 2.07 bits per heavy atom. The number of hydrogen-bond donors (Lipinski definition) is 0. The minimum atomic E-state index is -0.155. The lowest BCUT2D eigenvalue weighted by molar-refractivity contribution is -0.149. The van der Waals surface area contributed by atoms with Gasteiger partial charge in [-0.05, 0) is 56.2 Å². The van der Waals surface area contributed by atoms with E-state index in [1.165, 1.54) is 0 Å². The zero-order valence-corrected chi connectivity index (χ0v) is 16.7. The molecule has 0 atom stereocenters. The van der Waals surface area contributed by atoms with E-state index < -0.39 is 0 Å². The van der Waals surface area contributed by atoms with Crippen molar-refractivity contribution in [1.82, 2.24) is 4.90 Å². The van der Waals surface area contributed by atoms with Crippen LogP contribution < -0.4 is 9.47 Å². The number of nitrogens with zero attached hydrogens (tertiary/aromatic N) is 1. The quantitative estimate of drug-likeness (QED) is 0.503. The topological polar surface area (TPSA) is 65.1 Å². The molecule has 154 valence electrons. The molecule has 3 rings (SSSR count). The minimum absolute atomic E-state index is 0.0220. The highest BCUT2D eigenvalue weighted by Gasteiger charge is 2.28. The maximum Gasteiger partial charge on any atom is 0.309 e. The van der Waals surface area contributed by atoms with E-state index in [0.717, 1.165) is 5.75 Å². The van der Waals surface area contributed by atoms with Crippen molar-refractivity contribution in [3.8, 4) is 11.5 Å². The van der Waals surface area contributed by atoms with E-state index in [9.17, 15) is 9.59 Å². The van der Waals surface area contributed by atoms with Gasteiger partial charge in [-0.2, -0.15) is 0 Å². The molecule has 0 aromatic heterocycles. The maximum absolute atomic E-state index is 12.7. The van der Waals surface area contributed by atoms with Crippen LogP contribution in [0, 0.1) is 5.92 Å². The van der Waals surface area contributed by atoms with E-state index >= 15 is 0 Å². The predicted molar refractivity (Wildman–Crippen MR) is 109 cm³/mol. The highest BCUT2D eigenvalue weighted by molar-refractivity contribution is 5.94. The number of benzene rings is 2. The van der Waals surface area contributed by atoms with E-state index in [0.29, 0.717) is 57.1 Å². The Kier molecular flexibility index (Phi) is 7.50. The first-order valence-corrected chi connectivity index (χ1v) is 10.0. The number of para-hydroxylation sites is 1. The maximum atomic E-state index is 12.7. The van der Waals surface area contributed by atoms with Crippen molar-refractivity contribution >= 4 is 11.9 Å². The van der Waals surface area contributed by atoms with Gasteiger partial charge in [-0.3, -0.25) is 9.59 Å². The Morgan fingerprint density at radius 1 is 0.897 bits per heavy atom. The Hall–Kier alpha value is -3.02. The highest BCUT2D eigenvalue weighted by atomic mass is 16.5. The van der Waals surface area contributed by atoms with Crippen LogP contribution in [0.4, 0.5) is 0 Å². The molecule has 0 N–H and O–H groups in total. The Bertz CT molecular complexity index is 783. The first-order chi connectivity index (χ1) is 14.2. The normalized spacial score (nSPS) is 14.3. The zero-order chi connectivity index (χ0) is 20.5. The van der Waals surface area contributed by atoms with Crippen LogP contribution in [0.1, 0.15) is 30.1 Å². The van der Waals surface area contributed by atoms with E-state index in [1.54, 1.807) is 36.1 Å². The molecule has 2 aromatic carbocycles. The SMILES string of the molecule is CCOC(=O)C1CCN(C(=O)c2ccc(OCCOc3ccccc3)cc2)CC1. The molecule has 2 aromatic rings. The summed E-state index contributed by atoms with van der Waals surface area (Å²) < 4.78 is 16.3. The summed E-state index contributed by atoms with van der Waals surface area (Å²) in [7, 11) is 0. The van der Waals surface area contributed by atoms with Gasteiger partial charge in [-0.1, -0.05) is 18.2 Å². The average molecular weight is 397 g/mol. The van der Waals surface area contributed by atoms with Gasteiger partial charge in [0.2, 0.25) is 0 Å². The molecule has 0 bridgehead atoms. The molecule has 0 saturated carbocycles. The van der Waals surface area contributed by atoms with Crippen LogP contribution in [0.25, 0.3) is 0 Å². The van der Waals surface area contributed by atoms with Crippen molar-refractivity contribution in [1.29, 1.82) is 0 Å². The van der Waals surface area contributed by atoms with Crippen molar-refractivity contribution < 1.29 is 23.8 Å². The highest BCUT2D eigenvalue weighted by Crippen LogP contribution is 2.21. The molecule has 0 radical (unpaired) electrons. The molecule has 29 heavy (non-hydrogen) atoms. The number of amides is 1. The molecular formula is C23H27NO5. The summed E-state index contributed by atoms with van der Waals surface area (Å²) in [5.41, 5.74) is 0.618. The summed E-state index contributed by atoms with van der Waals surface area (Å²) >= 11 is 0. The van der Waals surface area contributed by atoms with Crippen LogP contribution >= 0.6 is 0 Å². The van der Waals surface area contributed by atoms with Gasteiger partial charge in [0.1, 0.15) is 24.7 Å². The number of ether oxygens (including phenoxy) is 3. The Labute approximate surface area is 171 Å². The summed E-state index contributed by atoms with van der Waals surface area (Å²) in [6.07, 6.45) is 1.29. The largest absolute Gasteiger partial charge is 0.490 e. The number of carbonyl (C=O) groups excluding carboxylic acids is 2. The summed E-state index contributed by atoms with van der Waals surface area (Å²) in [5, 5.41) is 0. The number of rotatable bonds is 8. The molecule has 6 nitrogen and oxygen atoms in total. The van der Waals surface area contributed by atoms with Gasteiger partial charge in [0.05, 0.1) is 12.5 Å². The van der Waals surface area contributed by atoms with Crippen LogP contribution in [0.2, 0.25) is 0 Å². The van der Waals surface area contributed by atoms with Crippen LogP contribution in [0.5, 0.6) is 11.5 Å². The second-order valence-corrected chi connectivity index (χ2v) is 6.85. The minimum Gasteiger partial charge on any atom is -0.490 e. The molecule has 0 spiro atoms. The third kappa shape index (κ3) is 5.98. The van der Waals surface area contributed by atoms with Crippen molar-refractivity contribution in [2.24, 2.45) is 5.92 Å². The first kappa shape index (κ1) is 20.7. The number of likely N-dealkylation sites (tertiary alicyclic amines) is 1. The van der Waals surface area contributed by atoms with Gasteiger partial charge in [0, 0.05) is 18.7 Å². The lowest BCUT2D eigenvalue weighted by Gasteiger charge is -2.31. The number of piperidine rings is 1.